The third kappa shape index (κ3) is 3.99. The van der Waals surface area contributed by atoms with Gasteiger partial charge in [-0.3, -0.25) is 0 Å². The Kier molecular flexibility index (Phi) is 6.05. The lowest BCUT2D eigenvalue weighted by Crippen LogP contribution is -2.38. The van der Waals surface area contributed by atoms with Crippen LogP contribution in [0.2, 0.25) is 0 Å². The highest BCUT2D eigenvalue weighted by Crippen LogP contribution is 2.44. The Bertz CT molecular complexity index is 1380. The maximum Gasteiger partial charge on any atom is 0.322 e. The van der Waals surface area contributed by atoms with E-state index < -0.39 is 0 Å². The molecule has 0 fully saturated rings. The number of aryl methyl sites for hydroxylation is 2. The van der Waals surface area contributed by atoms with Crippen molar-refractivity contribution in [3.05, 3.63) is 99.7 Å². The molecular weight excluding hydrogens is 466 g/mol. The van der Waals surface area contributed by atoms with E-state index in [0.717, 1.165) is 42.0 Å². The molecule has 0 saturated carbocycles. The van der Waals surface area contributed by atoms with Crippen LogP contribution in [0, 0.1) is 0 Å². The molecule has 2 amide bonds. The topological polar surface area (TPSA) is 46.5 Å². The fraction of sp³-hybridized carbons (Fsp3) is 0.300. The van der Waals surface area contributed by atoms with Gasteiger partial charge in [0, 0.05) is 22.3 Å². The van der Waals surface area contributed by atoms with Crippen LogP contribution < -0.4 is 10.1 Å². The minimum absolute atomic E-state index is 0.0962. The smallest absolute Gasteiger partial charge is 0.322 e. The number of thiophene rings is 1. The molecule has 4 aromatic rings. The number of carbonyl (C=O) groups excluding carboxylic acids is 1. The van der Waals surface area contributed by atoms with Gasteiger partial charge in [0.2, 0.25) is 0 Å². The van der Waals surface area contributed by atoms with Crippen molar-refractivity contribution in [2.24, 2.45) is 0 Å². The number of benzene rings is 2. The fourth-order valence-corrected chi connectivity index (χ4v) is 6.95. The van der Waals surface area contributed by atoms with E-state index in [2.05, 4.69) is 59.4 Å². The third-order valence-corrected chi connectivity index (χ3v) is 8.82. The van der Waals surface area contributed by atoms with Crippen molar-refractivity contribution in [2.45, 2.75) is 51.6 Å². The molecule has 0 bridgehead atoms. The highest BCUT2D eigenvalue weighted by atomic mass is 32.1. The van der Waals surface area contributed by atoms with Crippen LogP contribution in [-0.4, -0.2) is 22.6 Å². The van der Waals surface area contributed by atoms with Gasteiger partial charge < -0.3 is 19.5 Å². The molecule has 6 heteroatoms. The second-order valence-corrected chi connectivity index (χ2v) is 10.7. The number of ether oxygens (including phenoxy) is 1. The van der Waals surface area contributed by atoms with E-state index in [-0.39, 0.29) is 12.1 Å². The number of fused-ring (bicyclic) bond motifs is 5. The molecule has 1 N–H and O–H groups in total. The maximum absolute atomic E-state index is 14.0. The Balaban J connectivity index is 1.46. The number of amides is 2. The summed E-state index contributed by atoms with van der Waals surface area (Å²) in [6, 6.07) is 20.2. The molecular formula is C30H31N3O2S. The minimum atomic E-state index is -0.192. The van der Waals surface area contributed by atoms with Crippen molar-refractivity contribution < 1.29 is 9.53 Å². The minimum Gasteiger partial charge on any atom is -0.497 e. The second-order valence-electron chi connectivity index (χ2n) is 9.58. The average Bonchev–Trinajstić information content (AvgIpc) is 3.51. The van der Waals surface area contributed by atoms with Crippen LogP contribution in [0.5, 0.6) is 5.75 Å². The first-order valence-electron chi connectivity index (χ1n) is 12.8. The molecule has 2 aromatic heterocycles. The van der Waals surface area contributed by atoms with Crippen LogP contribution >= 0.6 is 11.3 Å². The van der Waals surface area contributed by atoms with Gasteiger partial charge in [0.15, 0.2) is 0 Å². The summed E-state index contributed by atoms with van der Waals surface area (Å²) < 4.78 is 7.62. The SMILES string of the molecule is CCc1ccc([C@H]2c3cccn3-c3sc4c(c3CN2C(=O)Nc2ccc(OC)cc2)CCCC4)cc1. The van der Waals surface area contributed by atoms with Gasteiger partial charge in [0.25, 0.3) is 0 Å². The van der Waals surface area contributed by atoms with Crippen molar-refractivity contribution in [2.75, 3.05) is 12.4 Å². The van der Waals surface area contributed by atoms with Crippen molar-refractivity contribution in [1.29, 1.82) is 0 Å². The predicted molar refractivity (Wildman–Crippen MR) is 146 cm³/mol. The largest absolute Gasteiger partial charge is 0.497 e. The first-order valence-corrected chi connectivity index (χ1v) is 13.6. The number of hydrogen-bond acceptors (Lipinski definition) is 3. The first kappa shape index (κ1) is 22.9. The van der Waals surface area contributed by atoms with Gasteiger partial charge in [-0.05, 0) is 85.2 Å². The zero-order valence-corrected chi connectivity index (χ0v) is 21.6. The van der Waals surface area contributed by atoms with E-state index in [0.29, 0.717) is 6.54 Å². The summed E-state index contributed by atoms with van der Waals surface area (Å²) in [5.74, 6) is 0.768. The molecule has 0 saturated heterocycles. The van der Waals surface area contributed by atoms with Gasteiger partial charge in [-0.2, -0.15) is 0 Å². The van der Waals surface area contributed by atoms with Crippen molar-refractivity contribution in [3.8, 4) is 10.8 Å². The van der Waals surface area contributed by atoms with Crippen LogP contribution in [0.25, 0.3) is 5.00 Å². The first-order chi connectivity index (χ1) is 17.7. The number of anilines is 1. The number of hydrogen-bond donors (Lipinski definition) is 1. The van der Waals surface area contributed by atoms with Crippen molar-refractivity contribution in [3.63, 3.8) is 0 Å². The summed E-state index contributed by atoms with van der Waals surface area (Å²) in [4.78, 5) is 17.5. The summed E-state index contributed by atoms with van der Waals surface area (Å²) in [6.45, 7) is 2.76. The Morgan fingerprint density at radius 3 is 2.56 bits per heavy atom. The Morgan fingerprint density at radius 2 is 1.81 bits per heavy atom. The highest BCUT2D eigenvalue weighted by molar-refractivity contribution is 7.15. The molecule has 36 heavy (non-hydrogen) atoms. The molecule has 6 rings (SSSR count). The van der Waals surface area contributed by atoms with Gasteiger partial charge in [-0.1, -0.05) is 31.2 Å². The molecule has 1 aliphatic carbocycles. The zero-order chi connectivity index (χ0) is 24.6. The molecule has 0 radical (unpaired) electrons. The Morgan fingerprint density at radius 1 is 1.03 bits per heavy atom. The third-order valence-electron chi connectivity index (χ3n) is 7.48. The quantitative estimate of drug-likeness (QED) is 0.326. The summed E-state index contributed by atoms with van der Waals surface area (Å²) in [5.41, 5.74) is 7.08. The van der Waals surface area contributed by atoms with E-state index in [1.54, 1.807) is 7.11 Å². The molecule has 0 spiro atoms. The number of methoxy groups -OCH3 is 1. The lowest BCUT2D eigenvalue weighted by molar-refractivity contribution is 0.194. The van der Waals surface area contributed by atoms with E-state index in [4.69, 9.17) is 4.74 Å². The van der Waals surface area contributed by atoms with Crippen molar-refractivity contribution >= 4 is 23.1 Å². The van der Waals surface area contributed by atoms with Crippen LogP contribution in [0.4, 0.5) is 10.5 Å². The lowest BCUT2D eigenvalue weighted by atomic mass is 9.95. The number of urea groups is 1. The van der Waals surface area contributed by atoms with Gasteiger partial charge in [-0.25, -0.2) is 4.79 Å². The average molecular weight is 498 g/mol. The summed E-state index contributed by atoms with van der Waals surface area (Å²) in [6.07, 6.45) is 7.86. The van der Waals surface area contributed by atoms with Crippen LogP contribution in [0.15, 0.2) is 66.9 Å². The van der Waals surface area contributed by atoms with Gasteiger partial charge in [-0.15, -0.1) is 11.3 Å². The molecule has 1 aliphatic heterocycles. The van der Waals surface area contributed by atoms with Gasteiger partial charge in [0.05, 0.1) is 25.4 Å². The molecule has 0 unspecified atom stereocenters. The van der Waals surface area contributed by atoms with E-state index in [1.165, 1.54) is 39.4 Å². The van der Waals surface area contributed by atoms with Crippen LogP contribution in [-0.2, 0) is 25.8 Å². The van der Waals surface area contributed by atoms with E-state index >= 15 is 0 Å². The second kappa shape index (κ2) is 9.51. The lowest BCUT2D eigenvalue weighted by Gasteiger charge is -2.31. The molecule has 3 heterocycles. The maximum atomic E-state index is 14.0. The fourth-order valence-electron chi connectivity index (χ4n) is 5.54. The Hall–Kier alpha value is -3.51. The number of nitrogens with zero attached hydrogens (tertiary/aromatic N) is 2. The van der Waals surface area contributed by atoms with Crippen LogP contribution in [0.1, 0.15) is 58.6 Å². The molecule has 1 atom stereocenters. The standard InChI is InChI=1S/C30H31N3O2S/c1-3-20-10-12-21(13-11-20)28-26-8-6-18-32(26)29-25(24-7-4-5-9-27(24)36-29)19-33(28)30(34)31-22-14-16-23(35-2)17-15-22/h6,8,10-18,28H,3-5,7,9,19H2,1-2H3,(H,31,34)/t28-/m0/s1. The number of aromatic nitrogens is 1. The molecule has 5 nitrogen and oxygen atoms in total. The molecule has 2 aromatic carbocycles. The number of rotatable bonds is 4. The number of carbonyl (C=O) groups is 1. The Labute approximate surface area is 216 Å². The normalized spacial score (nSPS) is 16.5. The summed E-state index contributed by atoms with van der Waals surface area (Å²) >= 11 is 1.91. The molecule has 2 aliphatic rings. The molecule has 184 valence electrons. The van der Waals surface area contributed by atoms with Gasteiger partial charge >= 0.3 is 6.03 Å². The summed E-state index contributed by atoms with van der Waals surface area (Å²) in [7, 11) is 1.65. The van der Waals surface area contributed by atoms with Gasteiger partial charge in [0.1, 0.15) is 10.8 Å². The zero-order valence-electron chi connectivity index (χ0n) is 20.8. The van der Waals surface area contributed by atoms with Crippen LogP contribution in [0.3, 0.4) is 0 Å². The van der Waals surface area contributed by atoms with E-state index in [9.17, 15) is 4.79 Å². The monoisotopic (exact) mass is 497 g/mol. The number of nitrogens with one attached hydrogen (secondary N) is 1. The highest BCUT2D eigenvalue weighted by Gasteiger charge is 2.36. The predicted octanol–water partition coefficient (Wildman–Crippen LogP) is 7.13. The van der Waals surface area contributed by atoms with E-state index in [1.807, 2.05) is 40.5 Å². The summed E-state index contributed by atoms with van der Waals surface area (Å²) in [5, 5.41) is 4.44. The van der Waals surface area contributed by atoms with Crippen molar-refractivity contribution in [1.82, 2.24) is 9.47 Å².